The van der Waals surface area contributed by atoms with E-state index in [1.165, 1.54) is 0 Å². The SMILES string of the molecule is C=CC[n+]1c(C)cc(N)c2ccccc21. The first kappa shape index (κ1) is 9.71. The van der Waals surface area contributed by atoms with E-state index in [4.69, 9.17) is 5.73 Å². The van der Waals surface area contributed by atoms with E-state index < -0.39 is 0 Å². The van der Waals surface area contributed by atoms with Gasteiger partial charge in [-0.05, 0) is 12.1 Å². The Morgan fingerprint density at radius 2 is 2.13 bits per heavy atom. The predicted molar refractivity (Wildman–Crippen MR) is 63.5 cm³/mol. The van der Waals surface area contributed by atoms with Gasteiger partial charge in [0.15, 0.2) is 12.2 Å². The van der Waals surface area contributed by atoms with Gasteiger partial charge in [0.25, 0.3) is 0 Å². The van der Waals surface area contributed by atoms with Gasteiger partial charge in [0, 0.05) is 19.1 Å². The molecule has 1 heterocycles. The highest BCUT2D eigenvalue weighted by molar-refractivity contribution is 5.87. The van der Waals surface area contributed by atoms with Crippen LogP contribution in [0.4, 0.5) is 5.69 Å². The number of anilines is 1. The van der Waals surface area contributed by atoms with Gasteiger partial charge in [-0.1, -0.05) is 18.7 Å². The number of nitrogens with two attached hydrogens (primary N) is 1. The number of aryl methyl sites for hydroxylation is 1. The largest absolute Gasteiger partial charge is 0.398 e. The van der Waals surface area contributed by atoms with Crippen LogP contribution in [0.25, 0.3) is 10.9 Å². The number of hydrogen-bond acceptors (Lipinski definition) is 1. The summed E-state index contributed by atoms with van der Waals surface area (Å²) in [7, 11) is 0. The summed E-state index contributed by atoms with van der Waals surface area (Å²) in [5.41, 5.74) is 9.14. The van der Waals surface area contributed by atoms with E-state index in [9.17, 15) is 0 Å². The Balaban J connectivity index is 2.83. The summed E-state index contributed by atoms with van der Waals surface area (Å²) >= 11 is 0. The van der Waals surface area contributed by atoms with Crippen molar-refractivity contribution in [3.8, 4) is 0 Å². The molecular weight excluding hydrogens is 184 g/mol. The smallest absolute Gasteiger partial charge is 0.215 e. The van der Waals surface area contributed by atoms with Crippen LogP contribution in [0.2, 0.25) is 0 Å². The van der Waals surface area contributed by atoms with Crippen LogP contribution >= 0.6 is 0 Å². The fourth-order valence-electron chi connectivity index (χ4n) is 1.90. The third-order valence-corrected chi connectivity index (χ3v) is 2.61. The Labute approximate surface area is 89.7 Å². The number of nitrogen functional groups attached to an aromatic ring is 1. The van der Waals surface area contributed by atoms with Crippen LogP contribution < -0.4 is 10.3 Å². The van der Waals surface area contributed by atoms with Crippen LogP contribution in [0.5, 0.6) is 0 Å². The third kappa shape index (κ3) is 1.59. The normalized spacial score (nSPS) is 10.5. The Morgan fingerprint density at radius 1 is 1.40 bits per heavy atom. The summed E-state index contributed by atoms with van der Waals surface area (Å²) in [6.45, 7) is 6.65. The Bertz CT molecular complexity index is 515. The van der Waals surface area contributed by atoms with E-state index in [-0.39, 0.29) is 0 Å². The van der Waals surface area contributed by atoms with Gasteiger partial charge >= 0.3 is 0 Å². The van der Waals surface area contributed by atoms with Crippen molar-refractivity contribution in [1.29, 1.82) is 0 Å². The predicted octanol–water partition coefficient (Wildman–Crippen LogP) is 2.20. The number of hydrogen-bond donors (Lipinski definition) is 1. The molecule has 0 saturated carbocycles. The zero-order chi connectivity index (χ0) is 10.8. The van der Waals surface area contributed by atoms with E-state index in [1.807, 2.05) is 30.3 Å². The number of benzene rings is 1. The van der Waals surface area contributed by atoms with Gasteiger partial charge < -0.3 is 5.73 Å². The molecule has 0 spiro atoms. The van der Waals surface area contributed by atoms with E-state index >= 15 is 0 Å². The standard InChI is InChI=1S/C13H14N2/c1-3-8-15-10(2)9-12(14)11-6-4-5-7-13(11)15/h3-7,9,14H,1,8H2,2H3/p+1. The molecule has 2 N–H and O–H groups in total. The molecule has 2 heteroatoms. The van der Waals surface area contributed by atoms with Crippen molar-refractivity contribution < 1.29 is 4.57 Å². The quantitative estimate of drug-likeness (QED) is 0.583. The highest BCUT2D eigenvalue weighted by atomic mass is 15.0. The summed E-state index contributed by atoms with van der Waals surface area (Å²) in [6.07, 6.45) is 1.90. The molecule has 1 aromatic heterocycles. The minimum Gasteiger partial charge on any atom is -0.398 e. The summed E-state index contributed by atoms with van der Waals surface area (Å²) in [5, 5.41) is 1.10. The Morgan fingerprint density at radius 3 is 2.87 bits per heavy atom. The second kappa shape index (κ2) is 3.73. The molecule has 0 aliphatic carbocycles. The number of nitrogens with zero attached hydrogens (tertiary/aromatic N) is 1. The molecule has 0 fully saturated rings. The molecule has 0 bridgehead atoms. The molecule has 1 aromatic carbocycles. The minimum atomic E-state index is 0.812. The van der Waals surface area contributed by atoms with Crippen molar-refractivity contribution in [2.45, 2.75) is 13.5 Å². The van der Waals surface area contributed by atoms with Gasteiger partial charge in [-0.25, -0.2) is 0 Å². The number of pyridine rings is 1. The maximum Gasteiger partial charge on any atom is 0.215 e. The summed E-state index contributed by atoms with van der Waals surface area (Å²) in [5.74, 6) is 0. The lowest BCUT2D eigenvalue weighted by Crippen LogP contribution is -2.37. The van der Waals surface area contributed by atoms with Crippen molar-refractivity contribution in [3.05, 3.63) is 48.7 Å². The summed E-state index contributed by atoms with van der Waals surface area (Å²) in [4.78, 5) is 0. The Kier molecular flexibility index (Phi) is 2.42. The first-order valence-corrected chi connectivity index (χ1v) is 5.02. The highest BCUT2D eigenvalue weighted by Gasteiger charge is 2.12. The second-order valence-corrected chi connectivity index (χ2v) is 3.66. The van der Waals surface area contributed by atoms with Crippen molar-refractivity contribution in [2.75, 3.05) is 5.73 Å². The minimum absolute atomic E-state index is 0.812. The molecule has 76 valence electrons. The number of allylic oxidation sites excluding steroid dienone is 1. The van der Waals surface area contributed by atoms with E-state index in [1.54, 1.807) is 0 Å². The van der Waals surface area contributed by atoms with Crippen molar-refractivity contribution >= 4 is 16.6 Å². The van der Waals surface area contributed by atoms with Crippen LogP contribution in [0.1, 0.15) is 5.69 Å². The zero-order valence-corrected chi connectivity index (χ0v) is 8.90. The maximum absolute atomic E-state index is 5.98. The third-order valence-electron chi connectivity index (χ3n) is 2.61. The molecule has 0 aliphatic rings. The molecule has 0 unspecified atom stereocenters. The van der Waals surface area contributed by atoms with Crippen LogP contribution in [0.3, 0.4) is 0 Å². The lowest BCUT2D eigenvalue weighted by atomic mass is 10.1. The number of aromatic nitrogens is 1. The van der Waals surface area contributed by atoms with Gasteiger partial charge in [0.2, 0.25) is 5.52 Å². The molecule has 2 nitrogen and oxygen atoms in total. The van der Waals surface area contributed by atoms with Gasteiger partial charge in [-0.3, -0.25) is 0 Å². The zero-order valence-electron chi connectivity index (χ0n) is 8.90. The van der Waals surface area contributed by atoms with Gasteiger partial charge in [0.1, 0.15) is 0 Å². The highest BCUT2D eigenvalue weighted by Crippen LogP contribution is 2.18. The molecule has 0 atom stereocenters. The number of rotatable bonds is 2. The molecule has 0 radical (unpaired) electrons. The van der Waals surface area contributed by atoms with Crippen LogP contribution in [0.15, 0.2) is 43.0 Å². The van der Waals surface area contributed by atoms with E-state index in [2.05, 4.69) is 24.1 Å². The van der Waals surface area contributed by atoms with Crippen LogP contribution in [-0.2, 0) is 6.54 Å². The second-order valence-electron chi connectivity index (χ2n) is 3.66. The topological polar surface area (TPSA) is 29.9 Å². The first-order chi connectivity index (χ1) is 7.24. The summed E-state index contributed by atoms with van der Waals surface area (Å²) < 4.78 is 2.21. The van der Waals surface area contributed by atoms with Crippen LogP contribution in [0, 0.1) is 6.92 Å². The van der Waals surface area contributed by atoms with Crippen molar-refractivity contribution in [3.63, 3.8) is 0 Å². The van der Waals surface area contributed by atoms with Crippen molar-refractivity contribution in [1.82, 2.24) is 0 Å². The fourth-order valence-corrected chi connectivity index (χ4v) is 1.90. The summed E-state index contributed by atoms with van der Waals surface area (Å²) in [6, 6.07) is 10.2. The van der Waals surface area contributed by atoms with Crippen molar-refractivity contribution in [2.24, 2.45) is 0 Å². The first-order valence-electron chi connectivity index (χ1n) is 5.02. The maximum atomic E-state index is 5.98. The number of fused-ring (bicyclic) bond motifs is 1. The van der Waals surface area contributed by atoms with Gasteiger partial charge in [0.05, 0.1) is 11.1 Å². The molecule has 0 amide bonds. The number of para-hydroxylation sites is 1. The lowest BCUT2D eigenvalue weighted by molar-refractivity contribution is -0.667. The molecular formula is C13H15N2+. The molecule has 0 aliphatic heterocycles. The van der Waals surface area contributed by atoms with Gasteiger partial charge in [-0.15, -0.1) is 0 Å². The Hall–Kier alpha value is -1.83. The van der Waals surface area contributed by atoms with Gasteiger partial charge in [-0.2, -0.15) is 4.57 Å². The fraction of sp³-hybridized carbons (Fsp3) is 0.154. The van der Waals surface area contributed by atoms with E-state index in [0.717, 1.165) is 28.8 Å². The monoisotopic (exact) mass is 199 g/mol. The van der Waals surface area contributed by atoms with Crippen LogP contribution in [-0.4, -0.2) is 0 Å². The molecule has 2 rings (SSSR count). The average molecular weight is 199 g/mol. The molecule has 15 heavy (non-hydrogen) atoms. The molecule has 2 aromatic rings. The average Bonchev–Trinajstić information content (AvgIpc) is 2.24. The lowest BCUT2D eigenvalue weighted by Gasteiger charge is -2.04. The molecule has 0 saturated heterocycles. The van der Waals surface area contributed by atoms with E-state index in [0.29, 0.717) is 0 Å².